The molecule has 0 amide bonds. The van der Waals surface area contributed by atoms with Crippen molar-refractivity contribution in [2.24, 2.45) is 0 Å². The molecule has 0 aliphatic heterocycles. The van der Waals surface area contributed by atoms with Gasteiger partial charge in [-0.3, -0.25) is 9.78 Å². The fourth-order valence-corrected chi connectivity index (χ4v) is 4.72. The summed E-state index contributed by atoms with van der Waals surface area (Å²) in [5, 5.41) is 2.46. The van der Waals surface area contributed by atoms with Crippen LogP contribution in [-0.4, -0.2) is 27.6 Å². The molecule has 3 heterocycles. The van der Waals surface area contributed by atoms with E-state index in [4.69, 9.17) is 9.47 Å². The Morgan fingerprint density at radius 3 is 2.68 bits per heavy atom. The van der Waals surface area contributed by atoms with Gasteiger partial charge in [0, 0.05) is 51.9 Å². The SMILES string of the molecule is CC(C)(C)OC(=O)COc1cc2c(=O)ccn3c4ccc(Br)cc4c(c1Cc1cccnc1)c23. The summed E-state index contributed by atoms with van der Waals surface area (Å²) in [7, 11) is 0. The van der Waals surface area contributed by atoms with Gasteiger partial charge in [0.05, 0.1) is 16.4 Å². The molecule has 0 saturated heterocycles. The Bertz CT molecular complexity index is 1590. The number of hydrogen-bond donors (Lipinski definition) is 0. The van der Waals surface area contributed by atoms with Crippen LogP contribution >= 0.6 is 15.9 Å². The van der Waals surface area contributed by atoms with Gasteiger partial charge in [0.25, 0.3) is 0 Å². The van der Waals surface area contributed by atoms with Crippen LogP contribution in [0.15, 0.2) is 70.3 Å². The minimum atomic E-state index is -0.616. The Balaban J connectivity index is 1.76. The van der Waals surface area contributed by atoms with Crippen molar-refractivity contribution in [2.75, 3.05) is 6.61 Å². The van der Waals surface area contributed by atoms with E-state index in [0.29, 0.717) is 17.6 Å². The van der Waals surface area contributed by atoms with E-state index in [-0.39, 0.29) is 12.0 Å². The Hall–Kier alpha value is -3.45. The lowest BCUT2D eigenvalue weighted by molar-refractivity contribution is -0.157. The lowest BCUT2D eigenvalue weighted by Gasteiger charge is -2.20. The zero-order valence-electron chi connectivity index (χ0n) is 19.1. The number of ether oxygens (including phenoxy) is 2. The van der Waals surface area contributed by atoms with Crippen LogP contribution in [0.5, 0.6) is 5.75 Å². The molecular weight excluding hydrogens is 496 g/mol. The highest BCUT2D eigenvalue weighted by molar-refractivity contribution is 9.10. The third-order valence-corrected chi connectivity index (χ3v) is 6.10. The molecule has 7 heteroatoms. The number of esters is 1. The van der Waals surface area contributed by atoms with E-state index < -0.39 is 11.6 Å². The molecule has 0 aliphatic carbocycles. The standard InChI is InChI=1S/C27H23BrN2O4/c1-27(2,3)34-24(32)15-33-23-13-19-22(31)8-10-30-21-7-6-17(28)12-18(21)25(26(19)30)20(23)11-16-5-4-9-29-14-16/h4-10,12-14H,11,15H2,1-3H3. The second kappa shape index (κ2) is 8.40. The van der Waals surface area contributed by atoms with E-state index >= 15 is 0 Å². The Morgan fingerprint density at radius 1 is 1.12 bits per heavy atom. The first-order chi connectivity index (χ1) is 16.2. The third kappa shape index (κ3) is 4.12. The topological polar surface area (TPSA) is 69.9 Å². The maximum Gasteiger partial charge on any atom is 0.344 e. The molecule has 2 aromatic carbocycles. The lowest BCUT2D eigenvalue weighted by atomic mass is 9.97. The number of halogens is 1. The van der Waals surface area contributed by atoms with E-state index in [1.807, 2.05) is 67.9 Å². The van der Waals surface area contributed by atoms with E-state index in [1.165, 1.54) is 0 Å². The smallest absolute Gasteiger partial charge is 0.344 e. The number of aromatic nitrogens is 2. The number of hydrogen-bond acceptors (Lipinski definition) is 5. The minimum Gasteiger partial charge on any atom is -0.482 e. The van der Waals surface area contributed by atoms with E-state index in [9.17, 15) is 9.59 Å². The number of carbonyl (C=O) groups is 1. The molecule has 5 aromatic rings. The average Bonchev–Trinajstić information content (AvgIpc) is 3.10. The zero-order chi connectivity index (χ0) is 24.0. The molecule has 3 aromatic heterocycles. The fourth-order valence-electron chi connectivity index (χ4n) is 4.36. The van der Waals surface area contributed by atoms with Crippen molar-refractivity contribution >= 4 is 49.1 Å². The normalized spacial score (nSPS) is 12.0. The first-order valence-electron chi connectivity index (χ1n) is 11.0. The van der Waals surface area contributed by atoms with Crippen molar-refractivity contribution in [3.63, 3.8) is 0 Å². The van der Waals surface area contributed by atoms with Gasteiger partial charge in [-0.15, -0.1) is 0 Å². The van der Waals surface area contributed by atoms with Crippen molar-refractivity contribution in [1.82, 2.24) is 9.38 Å². The molecular formula is C27H23BrN2O4. The summed E-state index contributed by atoms with van der Waals surface area (Å²) in [5.41, 5.74) is 2.99. The number of benzene rings is 2. The maximum atomic E-state index is 12.9. The number of rotatable bonds is 5. The second-order valence-corrected chi connectivity index (χ2v) is 10.2. The first kappa shape index (κ1) is 22.3. The van der Waals surface area contributed by atoms with Crippen LogP contribution in [0.1, 0.15) is 31.9 Å². The van der Waals surface area contributed by atoms with Crippen LogP contribution in [-0.2, 0) is 16.0 Å². The predicted octanol–water partition coefficient (Wildman–Crippen LogP) is 5.51. The molecule has 0 aliphatic rings. The Kier molecular flexibility index (Phi) is 5.52. The van der Waals surface area contributed by atoms with Crippen LogP contribution in [0.25, 0.3) is 27.2 Å². The molecule has 34 heavy (non-hydrogen) atoms. The maximum absolute atomic E-state index is 12.9. The monoisotopic (exact) mass is 518 g/mol. The molecule has 6 nitrogen and oxygen atoms in total. The molecule has 0 saturated carbocycles. The summed E-state index contributed by atoms with van der Waals surface area (Å²) >= 11 is 3.59. The van der Waals surface area contributed by atoms with E-state index in [2.05, 4.69) is 20.9 Å². The van der Waals surface area contributed by atoms with Crippen molar-refractivity contribution < 1.29 is 14.3 Å². The molecule has 0 radical (unpaired) electrons. The third-order valence-electron chi connectivity index (χ3n) is 5.60. The van der Waals surface area contributed by atoms with Gasteiger partial charge in [0.1, 0.15) is 11.4 Å². The van der Waals surface area contributed by atoms with Crippen molar-refractivity contribution in [2.45, 2.75) is 32.8 Å². The molecule has 5 rings (SSSR count). The van der Waals surface area contributed by atoms with Crippen molar-refractivity contribution in [3.05, 3.63) is 86.9 Å². The fraction of sp³-hybridized carbons (Fsp3) is 0.222. The van der Waals surface area contributed by atoms with Gasteiger partial charge in [0.2, 0.25) is 0 Å². The van der Waals surface area contributed by atoms with Crippen LogP contribution < -0.4 is 10.2 Å². The summed E-state index contributed by atoms with van der Waals surface area (Å²) in [6, 6.07) is 13.2. The summed E-state index contributed by atoms with van der Waals surface area (Å²) < 4.78 is 14.4. The van der Waals surface area contributed by atoms with Crippen LogP contribution in [0.4, 0.5) is 0 Å². The zero-order valence-corrected chi connectivity index (χ0v) is 20.7. The lowest BCUT2D eigenvalue weighted by Crippen LogP contribution is -2.27. The number of nitrogens with zero attached hydrogens (tertiary/aromatic N) is 2. The first-order valence-corrected chi connectivity index (χ1v) is 11.8. The quantitative estimate of drug-likeness (QED) is 0.287. The van der Waals surface area contributed by atoms with Crippen LogP contribution in [0, 0.1) is 0 Å². The van der Waals surface area contributed by atoms with Crippen molar-refractivity contribution in [1.29, 1.82) is 0 Å². The highest BCUT2D eigenvalue weighted by Gasteiger charge is 2.22. The van der Waals surface area contributed by atoms with Gasteiger partial charge in [-0.2, -0.15) is 0 Å². The number of carbonyl (C=O) groups excluding carboxylic acids is 1. The van der Waals surface area contributed by atoms with Crippen LogP contribution in [0.3, 0.4) is 0 Å². The largest absolute Gasteiger partial charge is 0.482 e. The Labute approximate surface area is 204 Å². The van der Waals surface area contributed by atoms with Crippen molar-refractivity contribution in [3.8, 4) is 5.75 Å². The van der Waals surface area contributed by atoms with E-state index in [0.717, 1.165) is 37.4 Å². The van der Waals surface area contributed by atoms with Gasteiger partial charge in [-0.05, 0) is 56.7 Å². The molecule has 0 spiro atoms. The summed E-state index contributed by atoms with van der Waals surface area (Å²) in [5.74, 6) is 0.0184. The molecule has 0 fully saturated rings. The summed E-state index contributed by atoms with van der Waals surface area (Å²) in [4.78, 5) is 29.6. The molecule has 172 valence electrons. The van der Waals surface area contributed by atoms with E-state index in [1.54, 1.807) is 18.3 Å². The predicted molar refractivity (Wildman–Crippen MR) is 136 cm³/mol. The molecule has 0 bridgehead atoms. The molecule has 0 N–H and O–H groups in total. The number of pyridine rings is 2. The van der Waals surface area contributed by atoms with Gasteiger partial charge in [-0.25, -0.2) is 4.79 Å². The second-order valence-electron chi connectivity index (χ2n) is 9.25. The highest BCUT2D eigenvalue weighted by Crippen LogP contribution is 2.40. The molecule has 0 unspecified atom stereocenters. The summed E-state index contributed by atoms with van der Waals surface area (Å²) in [6.07, 6.45) is 5.87. The van der Waals surface area contributed by atoms with Gasteiger partial charge in [0.15, 0.2) is 12.0 Å². The Morgan fingerprint density at radius 2 is 1.94 bits per heavy atom. The highest BCUT2D eigenvalue weighted by atomic mass is 79.9. The average molecular weight is 519 g/mol. The number of fused-ring (bicyclic) bond motifs is 3. The van der Waals surface area contributed by atoms with Gasteiger partial charge < -0.3 is 13.9 Å². The van der Waals surface area contributed by atoms with Gasteiger partial charge >= 0.3 is 5.97 Å². The molecule has 0 atom stereocenters. The van der Waals surface area contributed by atoms with Crippen LogP contribution in [0.2, 0.25) is 0 Å². The minimum absolute atomic E-state index is 0.102. The summed E-state index contributed by atoms with van der Waals surface area (Å²) in [6.45, 7) is 5.18. The van der Waals surface area contributed by atoms with Gasteiger partial charge in [-0.1, -0.05) is 22.0 Å².